The molecule has 1 fully saturated rings. The van der Waals surface area contributed by atoms with Gasteiger partial charge in [-0.2, -0.15) is 0 Å². The average Bonchev–Trinajstić information content (AvgIpc) is 2.19. The van der Waals surface area contributed by atoms with Gasteiger partial charge >= 0.3 is 0 Å². The predicted octanol–water partition coefficient (Wildman–Crippen LogP) is 1.10. The molecule has 0 radical (unpaired) electrons. The molecule has 1 aromatic rings. The molecule has 2 heterocycles. The fourth-order valence-corrected chi connectivity index (χ4v) is 1.98. The van der Waals surface area contributed by atoms with Crippen molar-refractivity contribution < 1.29 is 0 Å². The van der Waals surface area contributed by atoms with Gasteiger partial charge in [-0.05, 0) is 28.7 Å². The molecule has 4 heteroatoms. The molecule has 2 rings (SSSR count). The van der Waals surface area contributed by atoms with Crippen molar-refractivity contribution in [3.05, 3.63) is 22.0 Å². The van der Waals surface area contributed by atoms with Crippen molar-refractivity contribution in [2.45, 2.75) is 0 Å². The average molecular weight is 289 g/mol. The summed E-state index contributed by atoms with van der Waals surface area (Å²) in [5.41, 5.74) is 1.24. The molecule has 1 saturated heterocycles. The molecule has 0 saturated carbocycles. The molecule has 1 N–H and O–H groups in total. The molecule has 1 aromatic heterocycles. The van der Waals surface area contributed by atoms with Crippen LogP contribution in [0.3, 0.4) is 0 Å². The SMILES string of the molecule is Ic1cncc(N2CCNCC2)c1. The quantitative estimate of drug-likeness (QED) is 0.785. The maximum absolute atomic E-state index is 4.19. The third-order valence-electron chi connectivity index (χ3n) is 2.17. The Labute approximate surface area is 91.7 Å². The lowest BCUT2D eigenvalue weighted by molar-refractivity contribution is 0.588. The third-order valence-corrected chi connectivity index (χ3v) is 2.76. The number of anilines is 1. The first-order valence-corrected chi connectivity index (χ1v) is 5.50. The number of nitrogens with one attached hydrogen (secondary N) is 1. The molecule has 1 aliphatic rings. The van der Waals surface area contributed by atoms with Gasteiger partial charge < -0.3 is 10.2 Å². The summed E-state index contributed by atoms with van der Waals surface area (Å²) in [7, 11) is 0. The predicted molar refractivity (Wildman–Crippen MR) is 62.0 cm³/mol. The highest BCUT2D eigenvalue weighted by Crippen LogP contribution is 2.15. The van der Waals surface area contributed by atoms with Crippen LogP contribution in [0.1, 0.15) is 0 Å². The molecule has 3 nitrogen and oxygen atoms in total. The lowest BCUT2D eigenvalue weighted by Crippen LogP contribution is -2.43. The summed E-state index contributed by atoms with van der Waals surface area (Å²) in [6, 6.07) is 2.18. The minimum absolute atomic E-state index is 1.07. The second-order valence-corrected chi connectivity index (χ2v) is 4.34. The number of halogens is 1. The number of hydrogen-bond donors (Lipinski definition) is 1. The van der Waals surface area contributed by atoms with E-state index in [0.717, 1.165) is 26.2 Å². The normalized spacial score (nSPS) is 17.5. The maximum Gasteiger partial charge on any atom is 0.0564 e. The first-order chi connectivity index (χ1) is 6.36. The molecule has 0 aromatic carbocycles. The Bertz CT molecular complexity index is 284. The zero-order chi connectivity index (χ0) is 9.10. The molecule has 70 valence electrons. The van der Waals surface area contributed by atoms with Gasteiger partial charge in [-0.15, -0.1) is 0 Å². The molecule has 13 heavy (non-hydrogen) atoms. The Morgan fingerprint density at radius 2 is 2.08 bits per heavy atom. The molecule has 0 unspecified atom stereocenters. The molecule has 0 aliphatic carbocycles. The standard InChI is InChI=1S/C9H12IN3/c10-8-5-9(7-12-6-8)13-3-1-11-2-4-13/h5-7,11H,1-4H2. The number of rotatable bonds is 1. The Hall–Kier alpha value is -0.360. The Kier molecular flexibility index (Phi) is 3.00. The van der Waals surface area contributed by atoms with Gasteiger partial charge in [0.05, 0.1) is 11.9 Å². The smallest absolute Gasteiger partial charge is 0.0564 e. The fraction of sp³-hybridized carbons (Fsp3) is 0.444. The van der Waals surface area contributed by atoms with E-state index in [9.17, 15) is 0 Å². The molecule has 0 amide bonds. The van der Waals surface area contributed by atoms with Crippen molar-refractivity contribution in [3.8, 4) is 0 Å². The van der Waals surface area contributed by atoms with E-state index in [2.05, 4.69) is 43.9 Å². The van der Waals surface area contributed by atoms with Crippen LogP contribution in [0.5, 0.6) is 0 Å². The van der Waals surface area contributed by atoms with E-state index in [-0.39, 0.29) is 0 Å². The van der Waals surface area contributed by atoms with Gasteiger partial charge in [-0.1, -0.05) is 0 Å². The highest BCUT2D eigenvalue weighted by molar-refractivity contribution is 14.1. The summed E-state index contributed by atoms with van der Waals surface area (Å²) < 4.78 is 1.20. The van der Waals surface area contributed by atoms with Crippen molar-refractivity contribution in [2.75, 3.05) is 31.1 Å². The van der Waals surface area contributed by atoms with Crippen LogP contribution in [-0.2, 0) is 0 Å². The molecule has 0 spiro atoms. The lowest BCUT2D eigenvalue weighted by atomic mass is 10.3. The minimum atomic E-state index is 1.07. The van der Waals surface area contributed by atoms with Gasteiger partial charge in [0, 0.05) is 35.9 Å². The van der Waals surface area contributed by atoms with Crippen molar-refractivity contribution in [1.82, 2.24) is 10.3 Å². The number of piperazine rings is 1. The van der Waals surface area contributed by atoms with E-state index >= 15 is 0 Å². The molecular formula is C9H12IN3. The zero-order valence-corrected chi connectivity index (χ0v) is 9.49. The van der Waals surface area contributed by atoms with E-state index in [1.54, 1.807) is 0 Å². The van der Waals surface area contributed by atoms with Crippen molar-refractivity contribution in [3.63, 3.8) is 0 Å². The van der Waals surface area contributed by atoms with E-state index in [1.807, 2.05) is 12.4 Å². The number of hydrogen-bond acceptors (Lipinski definition) is 3. The van der Waals surface area contributed by atoms with Crippen molar-refractivity contribution in [2.24, 2.45) is 0 Å². The molecular weight excluding hydrogens is 277 g/mol. The van der Waals surface area contributed by atoms with Crippen LogP contribution >= 0.6 is 22.6 Å². The molecule has 0 bridgehead atoms. The largest absolute Gasteiger partial charge is 0.368 e. The summed E-state index contributed by atoms with van der Waals surface area (Å²) in [5, 5.41) is 3.34. The van der Waals surface area contributed by atoms with Crippen LogP contribution in [0.15, 0.2) is 18.5 Å². The van der Waals surface area contributed by atoms with Gasteiger partial charge in [0.1, 0.15) is 0 Å². The summed E-state index contributed by atoms with van der Waals surface area (Å²) in [5.74, 6) is 0. The summed E-state index contributed by atoms with van der Waals surface area (Å²) in [4.78, 5) is 6.56. The third kappa shape index (κ3) is 2.31. The Morgan fingerprint density at radius 3 is 2.77 bits per heavy atom. The van der Waals surface area contributed by atoms with E-state index in [1.165, 1.54) is 9.26 Å². The van der Waals surface area contributed by atoms with Crippen LogP contribution in [0.2, 0.25) is 0 Å². The minimum Gasteiger partial charge on any atom is -0.368 e. The van der Waals surface area contributed by atoms with Crippen LogP contribution in [-0.4, -0.2) is 31.2 Å². The first-order valence-electron chi connectivity index (χ1n) is 4.42. The summed E-state index contributed by atoms with van der Waals surface area (Å²) >= 11 is 2.30. The van der Waals surface area contributed by atoms with Gasteiger partial charge in [0.2, 0.25) is 0 Å². The second kappa shape index (κ2) is 4.23. The fourth-order valence-electron chi connectivity index (χ4n) is 1.50. The number of pyridine rings is 1. The first kappa shape index (κ1) is 9.21. The van der Waals surface area contributed by atoms with Crippen LogP contribution in [0.4, 0.5) is 5.69 Å². The maximum atomic E-state index is 4.19. The van der Waals surface area contributed by atoms with E-state index < -0.39 is 0 Å². The molecule has 1 aliphatic heterocycles. The highest BCUT2D eigenvalue weighted by atomic mass is 127. The van der Waals surface area contributed by atoms with Crippen molar-refractivity contribution in [1.29, 1.82) is 0 Å². The Balaban J connectivity index is 2.14. The van der Waals surface area contributed by atoms with Gasteiger partial charge in [-0.3, -0.25) is 4.98 Å². The summed E-state index contributed by atoms with van der Waals surface area (Å²) in [6.45, 7) is 4.32. The monoisotopic (exact) mass is 289 g/mol. The zero-order valence-electron chi connectivity index (χ0n) is 7.33. The van der Waals surface area contributed by atoms with Crippen LogP contribution in [0, 0.1) is 3.57 Å². The van der Waals surface area contributed by atoms with Gasteiger partial charge in [0.25, 0.3) is 0 Å². The second-order valence-electron chi connectivity index (χ2n) is 3.10. The Morgan fingerprint density at radius 1 is 1.31 bits per heavy atom. The lowest BCUT2D eigenvalue weighted by Gasteiger charge is -2.29. The topological polar surface area (TPSA) is 28.2 Å². The summed E-state index contributed by atoms with van der Waals surface area (Å²) in [6.07, 6.45) is 3.82. The van der Waals surface area contributed by atoms with Crippen molar-refractivity contribution >= 4 is 28.3 Å². The van der Waals surface area contributed by atoms with E-state index in [4.69, 9.17) is 0 Å². The number of aromatic nitrogens is 1. The van der Waals surface area contributed by atoms with Gasteiger partial charge in [0.15, 0.2) is 0 Å². The van der Waals surface area contributed by atoms with Crippen LogP contribution in [0.25, 0.3) is 0 Å². The van der Waals surface area contributed by atoms with Crippen LogP contribution < -0.4 is 10.2 Å². The highest BCUT2D eigenvalue weighted by Gasteiger charge is 2.10. The number of nitrogens with zero attached hydrogens (tertiary/aromatic N) is 2. The van der Waals surface area contributed by atoms with Gasteiger partial charge in [-0.25, -0.2) is 0 Å². The van der Waals surface area contributed by atoms with E-state index in [0.29, 0.717) is 0 Å². The molecule has 0 atom stereocenters.